The molecule has 1 aliphatic rings. The van der Waals surface area contributed by atoms with Crippen LogP contribution in [0.1, 0.15) is 85.0 Å². The van der Waals surface area contributed by atoms with E-state index in [1.165, 1.54) is 64.2 Å². The van der Waals surface area contributed by atoms with Gasteiger partial charge in [0.2, 0.25) is 0 Å². The van der Waals surface area contributed by atoms with Crippen molar-refractivity contribution >= 4 is 0 Å². The van der Waals surface area contributed by atoms with Gasteiger partial charge in [-0.25, -0.2) is 0 Å². The van der Waals surface area contributed by atoms with Gasteiger partial charge in [-0.2, -0.15) is 0 Å². The molecule has 0 aromatic rings. The smallest absolute Gasteiger partial charge is 0.0419 e. The van der Waals surface area contributed by atoms with E-state index in [0.29, 0.717) is 5.54 Å². The Bertz CT molecular complexity index is 261. The van der Waals surface area contributed by atoms with Gasteiger partial charge in [-0.3, -0.25) is 0 Å². The fourth-order valence-electron chi connectivity index (χ4n) is 3.24. The van der Waals surface area contributed by atoms with Gasteiger partial charge in [0.15, 0.2) is 0 Å². The van der Waals surface area contributed by atoms with Crippen LogP contribution in [0.4, 0.5) is 0 Å². The first-order chi connectivity index (χ1) is 9.62. The Kier molecular flexibility index (Phi) is 8.28. The third kappa shape index (κ3) is 5.87. The van der Waals surface area contributed by atoms with Gasteiger partial charge in [0.05, 0.1) is 0 Å². The zero-order valence-electron chi connectivity index (χ0n) is 14.0. The monoisotopic (exact) mass is 280 g/mol. The normalized spacial score (nSPS) is 19.0. The Morgan fingerprint density at radius 3 is 1.95 bits per heavy atom. The Morgan fingerprint density at radius 2 is 1.55 bits per heavy atom. The fraction of sp³-hybridized carbons (Fsp3) is 0.889. The van der Waals surface area contributed by atoms with Crippen molar-refractivity contribution in [3.8, 4) is 0 Å². The van der Waals surface area contributed by atoms with Crippen LogP contribution >= 0.6 is 0 Å². The molecular weight excluding hydrogens is 244 g/mol. The molecule has 2 nitrogen and oxygen atoms in total. The first-order valence-electron chi connectivity index (χ1n) is 8.83. The van der Waals surface area contributed by atoms with Gasteiger partial charge in [0.1, 0.15) is 0 Å². The summed E-state index contributed by atoms with van der Waals surface area (Å²) in [4.78, 5) is 2.52. The molecule has 0 spiro atoms. The van der Waals surface area contributed by atoms with Crippen LogP contribution in [0.3, 0.4) is 0 Å². The van der Waals surface area contributed by atoms with Crippen molar-refractivity contribution in [2.75, 3.05) is 6.54 Å². The average Bonchev–Trinajstić information content (AvgIpc) is 2.87. The summed E-state index contributed by atoms with van der Waals surface area (Å²) < 4.78 is 0. The molecule has 0 radical (unpaired) electrons. The summed E-state index contributed by atoms with van der Waals surface area (Å²) in [7, 11) is 0. The highest BCUT2D eigenvalue weighted by atomic mass is 15.2. The van der Waals surface area contributed by atoms with Crippen LogP contribution in [0.15, 0.2) is 12.3 Å². The first kappa shape index (κ1) is 17.6. The molecule has 0 bridgehead atoms. The number of unbranched alkanes of at least 4 members (excludes halogenated alkanes) is 6. The van der Waals surface area contributed by atoms with E-state index in [-0.39, 0.29) is 6.04 Å². The van der Waals surface area contributed by atoms with Gasteiger partial charge in [0, 0.05) is 18.1 Å². The Hall–Kier alpha value is -0.500. The van der Waals surface area contributed by atoms with E-state index in [2.05, 4.69) is 37.9 Å². The van der Waals surface area contributed by atoms with Crippen LogP contribution in [0.25, 0.3) is 0 Å². The van der Waals surface area contributed by atoms with Gasteiger partial charge in [-0.15, -0.1) is 0 Å². The van der Waals surface area contributed by atoms with Crippen molar-refractivity contribution < 1.29 is 0 Å². The number of nitrogens with two attached hydrogens (primary N) is 1. The van der Waals surface area contributed by atoms with Gasteiger partial charge in [-0.1, -0.05) is 71.3 Å². The molecule has 0 saturated carbocycles. The maximum Gasteiger partial charge on any atom is 0.0419 e. The van der Waals surface area contributed by atoms with Gasteiger partial charge in [0.25, 0.3) is 0 Å². The molecule has 0 fully saturated rings. The Balaban J connectivity index is 2.46. The Morgan fingerprint density at radius 1 is 1.00 bits per heavy atom. The lowest BCUT2D eigenvalue weighted by molar-refractivity contribution is 0.140. The highest BCUT2D eigenvalue weighted by Crippen LogP contribution is 2.31. The number of hydrogen-bond donors (Lipinski definition) is 1. The van der Waals surface area contributed by atoms with Crippen LogP contribution in [0.2, 0.25) is 0 Å². The second-order valence-corrected chi connectivity index (χ2v) is 6.78. The number of rotatable bonds is 11. The van der Waals surface area contributed by atoms with Crippen molar-refractivity contribution in [1.29, 1.82) is 0 Å². The molecule has 0 amide bonds. The first-order valence-corrected chi connectivity index (χ1v) is 8.83. The van der Waals surface area contributed by atoms with E-state index in [0.717, 1.165) is 6.54 Å². The van der Waals surface area contributed by atoms with Crippen molar-refractivity contribution in [3.63, 3.8) is 0 Å². The summed E-state index contributed by atoms with van der Waals surface area (Å²) in [5, 5.41) is 0. The zero-order valence-corrected chi connectivity index (χ0v) is 14.0. The summed E-state index contributed by atoms with van der Waals surface area (Å²) in [6.07, 6.45) is 17.9. The molecule has 1 unspecified atom stereocenters. The number of hydrogen-bond acceptors (Lipinski definition) is 2. The average molecular weight is 280 g/mol. The third-order valence-electron chi connectivity index (χ3n) is 4.75. The lowest BCUT2D eigenvalue weighted by Gasteiger charge is -2.40. The number of nitrogens with zero attached hydrogens (tertiary/aromatic N) is 1. The van der Waals surface area contributed by atoms with Crippen LogP contribution < -0.4 is 5.73 Å². The Labute approximate surface area is 126 Å². The van der Waals surface area contributed by atoms with E-state index >= 15 is 0 Å². The van der Waals surface area contributed by atoms with E-state index in [1.807, 2.05) is 0 Å². The topological polar surface area (TPSA) is 29.3 Å². The highest BCUT2D eigenvalue weighted by molar-refractivity contribution is 5.06. The van der Waals surface area contributed by atoms with Crippen LogP contribution in [-0.2, 0) is 0 Å². The van der Waals surface area contributed by atoms with Crippen LogP contribution in [-0.4, -0.2) is 23.0 Å². The molecule has 0 aliphatic carbocycles. The second kappa shape index (κ2) is 9.44. The molecule has 0 saturated heterocycles. The van der Waals surface area contributed by atoms with Crippen LogP contribution in [0.5, 0.6) is 0 Å². The summed E-state index contributed by atoms with van der Waals surface area (Å²) in [6, 6.07) is 0.237. The third-order valence-corrected chi connectivity index (χ3v) is 4.75. The molecule has 2 heteroatoms. The summed E-state index contributed by atoms with van der Waals surface area (Å²) >= 11 is 0. The molecule has 1 atom stereocenters. The minimum absolute atomic E-state index is 0.237. The highest BCUT2D eigenvalue weighted by Gasteiger charge is 2.31. The fourth-order valence-corrected chi connectivity index (χ4v) is 3.24. The van der Waals surface area contributed by atoms with Gasteiger partial charge in [-0.05, 0) is 26.0 Å². The maximum absolute atomic E-state index is 6.05. The molecule has 0 aromatic heterocycles. The molecule has 118 valence electrons. The molecule has 20 heavy (non-hydrogen) atoms. The van der Waals surface area contributed by atoms with Gasteiger partial charge >= 0.3 is 0 Å². The molecule has 2 N–H and O–H groups in total. The lowest BCUT2D eigenvalue weighted by Crippen LogP contribution is -2.44. The van der Waals surface area contributed by atoms with Crippen molar-refractivity contribution in [3.05, 3.63) is 12.3 Å². The summed E-state index contributed by atoms with van der Waals surface area (Å²) in [5.74, 6) is 0. The lowest BCUT2D eigenvalue weighted by atomic mass is 9.86. The largest absolute Gasteiger partial charge is 0.370 e. The SMILES string of the molecule is CCCCCCC(C)(CCCCCC)N1C=CC(N)C1. The predicted molar refractivity (Wildman–Crippen MR) is 89.7 cm³/mol. The second-order valence-electron chi connectivity index (χ2n) is 6.78. The zero-order chi connectivity index (χ0) is 14.8. The molecule has 1 heterocycles. The summed E-state index contributed by atoms with van der Waals surface area (Å²) in [6.45, 7) is 8.03. The summed E-state index contributed by atoms with van der Waals surface area (Å²) in [5.41, 5.74) is 6.37. The van der Waals surface area contributed by atoms with Crippen molar-refractivity contribution in [2.45, 2.75) is 96.6 Å². The van der Waals surface area contributed by atoms with Crippen molar-refractivity contribution in [2.24, 2.45) is 5.73 Å². The van der Waals surface area contributed by atoms with E-state index in [1.54, 1.807) is 0 Å². The molecule has 1 aliphatic heterocycles. The van der Waals surface area contributed by atoms with Crippen molar-refractivity contribution in [1.82, 2.24) is 4.90 Å². The predicted octanol–water partition coefficient (Wildman–Crippen LogP) is 4.84. The van der Waals surface area contributed by atoms with Gasteiger partial charge < -0.3 is 10.6 Å². The van der Waals surface area contributed by atoms with E-state index in [4.69, 9.17) is 5.73 Å². The maximum atomic E-state index is 6.05. The standard InChI is InChI=1S/C18H36N2/c1-4-6-8-10-13-18(3,14-11-9-7-5-2)20-15-12-17(19)16-20/h12,15,17H,4-11,13-14,16,19H2,1-3H3. The minimum Gasteiger partial charge on any atom is -0.370 e. The van der Waals surface area contributed by atoms with Crippen LogP contribution in [0, 0.1) is 0 Å². The van der Waals surface area contributed by atoms with E-state index in [9.17, 15) is 0 Å². The minimum atomic E-state index is 0.237. The quantitative estimate of drug-likeness (QED) is 0.549. The molecule has 0 aromatic carbocycles. The van der Waals surface area contributed by atoms with E-state index < -0.39 is 0 Å². The molecule has 1 rings (SSSR count). The molecular formula is C18H36N2.